The van der Waals surface area contributed by atoms with Crippen molar-refractivity contribution in [3.05, 3.63) is 70.7 Å². The molecule has 0 N–H and O–H groups in total. The van der Waals surface area contributed by atoms with Gasteiger partial charge in [0.25, 0.3) is 0 Å². The van der Waals surface area contributed by atoms with Crippen LogP contribution < -0.4 is 9.47 Å². The van der Waals surface area contributed by atoms with Gasteiger partial charge < -0.3 is 14.2 Å². The van der Waals surface area contributed by atoms with Crippen molar-refractivity contribution in [2.75, 3.05) is 20.8 Å². The van der Waals surface area contributed by atoms with E-state index in [1.165, 1.54) is 6.07 Å². The molecular weight excluding hydrogens is 449 g/mol. The van der Waals surface area contributed by atoms with Gasteiger partial charge >= 0.3 is 5.97 Å². The number of Topliss-reactive ketones (excluding diaryl/α,β-unsaturated/α-hetero) is 1. The van der Waals surface area contributed by atoms with E-state index in [2.05, 4.69) is 0 Å². The Morgan fingerprint density at radius 2 is 1.83 bits per heavy atom. The molecule has 2 aliphatic rings. The highest BCUT2D eigenvalue weighted by molar-refractivity contribution is 6.09. The number of benzene rings is 2. The third kappa shape index (κ3) is 4.72. The van der Waals surface area contributed by atoms with Crippen molar-refractivity contribution >= 4 is 17.5 Å². The molecule has 0 saturated carbocycles. The number of carbonyl (C=O) groups excluding carboxylic acids is 2. The number of hydrogen-bond acceptors (Lipinski definition) is 6. The van der Waals surface area contributed by atoms with Crippen molar-refractivity contribution in [1.82, 2.24) is 0 Å². The Morgan fingerprint density at radius 3 is 2.51 bits per heavy atom. The van der Waals surface area contributed by atoms with Crippen LogP contribution in [-0.2, 0) is 14.3 Å². The van der Waals surface area contributed by atoms with Gasteiger partial charge in [0.05, 0.1) is 20.8 Å². The van der Waals surface area contributed by atoms with E-state index in [-0.39, 0.29) is 24.7 Å². The molecule has 0 bridgehead atoms. The molecule has 0 spiro atoms. The minimum absolute atomic E-state index is 0.123. The number of esters is 1. The number of methoxy groups -OCH3 is 2. The van der Waals surface area contributed by atoms with Gasteiger partial charge in [0, 0.05) is 29.3 Å². The van der Waals surface area contributed by atoms with E-state index in [1.807, 2.05) is 25.1 Å². The van der Waals surface area contributed by atoms with Crippen LogP contribution in [-0.4, -0.2) is 38.3 Å². The maximum atomic E-state index is 15.0. The standard InChI is InChI=1S/C28H30FNO5/c1-5-12-35-28(32)25-16(2)30-21-13-18(17-10-11-23(33-3)24(15-17)34-4)14-22(31)27(21)26(25)19-8-6-7-9-20(19)29/h6-11,15,18,25-26H,5,12-14H2,1-4H3/t18-,25?,26+/m1/s1. The minimum Gasteiger partial charge on any atom is -0.493 e. The van der Waals surface area contributed by atoms with Gasteiger partial charge in [-0.1, -0.05) is 31.2 Å². The summed E-state index contributed by atoms with van der Waals surface area (Å²) in [4.78, 5) is 31.4. The van der Waals surface area contributed by atoms with Crippen LogP contribution in [0, 0.1) is 11.7 Å². The number of ether oxygens (including phenoxy) is 3. The van der Waals surface area contributed by atoms with Crippen LogP contribution >= 0.6 is 0 Å². The second-order valence-electron chi connectivity index (χ2n) is 8.90. The molecule has 4 rings (SSSR count). The smallest absolute Gasteiger partial charge is 0.315 e. The number of nitrogens with zero attached hydrogens (tertiary/aromatic N) is 1. The van der Waals surface area contributed by atoms with Crippen molar-refractivity contribution in [3.63, 3.8) is 0 Å². The summed E-state index contributed by atoms with van der Waals surface area (Å²) in [5.74, 6) is -1.62. The first-order valence-corrected chi connectivity index (χ1v) is 11.8. The highest BCUT2D eigenvalue weighted by atomic mass is 19.1. The lowest BCUT2D eigenvalue weighted by atomic mass is 9.69. The van der Waals surface area contributed by atoms with Crippen molar-refractivity contribution in [2.45, 2.75) is 44.9 Å². The van der Waals surface area contributed by atoms with Crippen molar-refractivity contribution in [2.24, 2.45) is 10.9 Å². The van der Waals surface area contributed by atoms with Gasteiger partial charge in [0.2, 0.25) is 0 Å². The second-order valence-corrected chi connectivity index (χ2v) is 8.90. The molecule has 0 aromatic heterocycles. The molecule has 3 atom stereocenters. The first kappa shape index (κ1) is 24.6. The minimum atomic E-state index is -0.848. The summed E-state index contributed by atoms with van der Waals surface area (Å²) in [6, 6.07) is 11.9. The van der Waals surface area contributed by atoms with Crippen LogP contribution in [0.25, 0.3) is 0 Å². The van der Waals surface area contributed by atoms with Gasteiger partial charge in [-0.05, 0) is 55.0 Å². The third-order valence-corrected chi connectivity index (χ3v) is 6.71. The van der Waals surface area contributed by atoms with Gasteiger partial charge in [-0.25, -0.2) is 4.39 Å². The Balaban J connectivity index is 1.77. The third-order valence-electron chi connectivity index (χ3n) is 6.71. The fraction of sp³-hybridized carbons (Fsp3) is 0.393. The number of allylic oxidation sites excluding steroid dienone is 2. The fourth-order valence-electron chi connectivity index (χ4n) is 5.06. The average Bonchev–Trinajstić information content (AvgIpc) is 2.86. The summed E-state index contributed by atoms with van der Waals surface area (Å²) in [7, 11) is 3.14. The molecule has 6 nitrogen and oxygen atoms in total. The summed E-state index contributed by atoms with van der Waals surface area (Å²) in [5, 5.41) is 0. The molecule has 1 unspecified atom stereocenters. The van der Waals surface area contributed by atoms with E-state index in [9.17, 15) is 9.59 Å². The van der Waals surface area contributed by atoms with E-state index < -0.39 is 23.6 Å². The molecule has 0 fully saturated rings. The van der Waals surface area contributed by atoms with Crippen molar-refractivity contribution in [3.8, 4) is 11.5 Å². The molecule has 0 saturated heterocycles. The first-order chi connectivity index (χ1) is 16.9. The average molecular weight is 480 g/mol. The number of aliphatic imine (C=N–C) groups is 1. The molecule has 0 radical (unpaired) electrons. The fourth-order valence-corrected chi connectivity index (χ4v) is 5.06. The Bertz CT molecular complexity index is 1200. The van der Waals surface area contributed by atoms with E-state index >= 15 is 4.39 Å². The molecule has 2 aromatic carbocycles. The normalized spacial score (nSPS) is 21.8. The van der Waals surface area contributed by atoms with Crippen LogP contribution in [0.3, 0.4) is 0 Å². The highest BCUT2D eigenvalue weighted by Gasteiger charge is 2.45. The molecule has 1 heterocycles. The number of ketones is 1. The Morgan fingerprint density at radius 1 is 1.09 bits per heavy atom. The van der Waals surface area contributed by atoms with Crippen LogP contribution in [0.15, 0.2) is 58.7 Å². The molecule has 184 valence electrons. The molecule has 35 heavy (non-hydrogen) atoms. The van der Waals surface area contributed by atoms with Crippen molar-refractivity contribution < 1.29 is 28.2 Å². The summed E-state index contributed by atoms with van der Waals surface area (Å²) in [6.07, 6.45) is 1.39. The van der Waals surface area contributed by atoms with Crippen LogP contribution in [0.4, 0.5) is 4.39 Å². The lowest BCUT2D eigenvalue weighted by Crippen LogP contribution is -2.38. The molecule has 1 aliphatic carbocycles. The Kier molecular flexibility index (Phi) is 7.34. The van der Waals surface area contributed by atoms with Gasteiger partial charge in [-0.3, -0.25) is 14.6 Å². The lowest BCUT2D eigenvalue weighted by molar-refractivity contribution is -0.146. The van der Waals surface area contributed by atoms with Crippen molar-refractivity contribution in [1.29, 1.82) is 0 Å². The zero-order chi connectivity index (χ0) is 25.1. The van der Waals surface area contributed by atoms with Crippen LogP contribution in [0.5, 0.6) is 11.5 Å². The van der Waals surface area contributed by atoms with Gasteiger partial charge in [0.1, 0.15) is 11.7 Å². The summed E-state index contributed by atoms with van der Waals surface area (Å²) >= 11 is 0. The summed E-state index contributed by atoms with van der Waals surface area (Å²) in [6.45, 7) is 3.91. The quantitative estimate of drug-likeness (QED) is 0.499. The topological polar surface area (TPSA) is 74.2 Å². The Hall–Kier alpha value is -3.48. The van der Waals surface area contributed by atoms with E-state index in [0.29, 0.717) is 46.9 Å². The first-order valence-electron chi connectivity index (χ1n) is 11.8. The maximum Gasteiger partial charge on any atom is 0.315 e. The second kappa shape index (κ2) is 10.4. The summed E-state index contributed by atoms with van der Waals surface area (Å²) in [5.41, 5.74) is 2.79. The van der Waals surface area contributed by atoms with E-state index in [0.717, 1.165) is 5.56 Å². The number of hydrogen-bond donors (Lipinski definition) is 0. The molecule has 0 amide bonds. The summed E-state index contributed by atoms with van der Waals surface area (Å²) < 4.78 is 31.2. The lowest BCUT2D eigenvalue weighted by Gasteiger charge is -2.36. The molecular formula is C28H30FNO5. The SMILES string of the molecule is CCCOC(=O)C1C(C)=NC2=C(C(=O)C[C@H](c3ccc(OC)c(OC)c3)C2)[C@H]1c1ccccc1F. The largest absolute Gasteiger partial charge is 0.493 e. The van der Waals surface area contributed by atoms with Gasteiger partial charge in [-0.2, -0.15) is 0 Å². The zero-order valence-corrected chi connectivity index (χ0v) is 20.5. The zero-order valence-electron chi connectivity index (χ0n) is 20.5. The van der Waals surface area contributed by atoms with Gasteiger partial charge in [-0.15, -0.1) is 0 Å². The number of rotatable bonds is 7. The molecule has 7 heteroatoms. The van der Waals surface area contributed by atoms with E-state index in [4.69, 9.17) is 19.2 Å². The predicted molar refractivity (Wildman–Crippen MR) is 131 cm³/mol. The maximum absolute atomic E-state index is 15.0. The predicted octanol–water partition coefficient (Wildman–Crippen LogP) is 5.37. The van der Waals surface area contributed by atoms with Gasteiger partial charge in [0.15, 0.2) is 17.3 Å². The monoisotopic (exact) mass is 479 g/mol. The highest BCUT2D eigenvalue weighted by Crippen LogP contribution is 2.48. The van der Waals surface area contributed by atoms with E-state index in [1.54, 1.807) is 39.3 Å². The molecule has 2 aromatic rings. The van der Waals surface area contributed by atoms with Crippen LogP contribution in [0.1, 0.15) is 56.1 Å². The van der Waals surface area contributed by atoms with Crippen LogP contribution in [0.2, 0.25) is 0 Å². The number of halogens is 1. The molecule has 1 aliphatic heterocycles. The number of carbonyl (C=O) groups is 2. The Labute approximate surface area is 204 Å².